The Morgan fingerprint density at radius 2 is 0.579 bits per heavy atom. The lowest BCUT2D eigenvalue weighted by Gasteiger charge is -2.08. The van der Waals surface area contributed by atoms with Crippen LogP contribution in [0.25, 0.3) is 0 Å². The first kappa shape index (κ1) is 67.5. The monoisotopic (exact) mass is 809 g/mol. The van der Waals surface area contributed by atoms with Gasteiger partial charge in [-0.2, -0.15) is 0 Å². The van der Waals surface area contributed by atoms with Gasteiger partial charge in [-0.15, -0.1) is 0 Å². The zero-order valence-corrected chi connectivity index (χ0v) is 44.1. The first-order chi connectivity index (χ1) is 25.9. The van der Waals surface area contributed by atoms with Gasteiger partial charge in [-0.1, -0.05) is 224 Å². The molecule has 0 N–H and O–H groups in total. The van der Waals surface area contributed by atoms with E-state index in [-0.39, 0.29) is 23.5 Å². The Labute approximate surface area is 363 Å². The lowest BCUT2D eigenvalue weighted by molar-refractivity contribution is -0.123. The van der Waals surface area contributed by atoms with E-state index in [1.54, 1.807) is 0 Å². The van der Waals surface area contributed by atoms with E-state index < -0.39 is 0 Å². The van der Waals surface area contributed by atoms with Crippen LogP contribution in [-0.2, 0) is 14.4 Å². The minimum atomic E-state index is 0.102. The molecule has 0 radical (unpaired) electrons. The van der Waals surface area contributed by atoms with E-state index in [1.807, 2.05) is 41.5 Å². The lowest BCUT2D eigenvalue weighted by atomic mass is 9.96. The minimum Gasteiger partial charge on any atom is -0.299 e. The van der Waals surface area contributed by atoms with Gasteiger partial charge in [0, 0.05) is 30.6 Å². The lowest BCUT2D eigenvalue weighted by Crippen LogP contribution is -2.09. The second kappa shape index (κ2) is 44.3. The van der Waals surface area contributed by atoms with E-state index >= 15 is 0 Å². The van der Waals surface area contributed by atoms with Gasteiger partial charge >= 0.3 is 0 Å². The van der Waals surface area contributed by atoms with Crippen LogP contribution >= 0.6 is 0 Å². The van der Waals surface area contributed by atoms with Crippen LogP contribution in [-0.4, -0.2) is 17.3 Å². The number of Topliss-reactive ketones (excluding diaryl/α,β-unsaturated/α-hetero) is 3. The van der Waals surface area contributed by atoms with Crippen LogP contribution < -0.4 is 0 Å². The average molecular weight is 809 g/mol. The Morgan fingerprint density at radius 1 is 0.316 bits per heavy atom. The molecule has 0 saturated carbocycles. The minimum absolute atomic E-state index is 0.102. The summed E-state index contributed by atoms with van der Waals surface area (Å²) >= 11 is 0. The molecule has 0 rings (SSSR count). The fourth-order valence-electron chi connectivity index (χ4n) is 4.89. The van der Waals surface area contributed by atoms with Crippen LogP contribution in [0.4, 0.5) is 0 Å². The van der Waals surface area contributed by atoms with Gasteiger partial charge in [-0.3, -0.25) is 14.4 Å². The number of allylic oxidation sites excluding steroid dienone is 1. The van der Waals surface area contributed by atoms with Gasteiger partial charge in [0.2, 0.25) is 0 Å². The maximum atomic E-state index is 11.4. The predicted molar refractivity (Wildman–Crippen MR) is 262 cm³/mol. The standard InChI is InChI=1S/C11H20O.C9H18O.2C9H20.C8H16O.C8H18/c1-8(2)6-7-10(5)11(12)9(3)4;1-7(2)5-6-9(10)8(3)4;2*1-8(2)6-5-7-9(3)4;1-6(2)5-8(9)7(3)4;1-7(2)5-6-8(3)4/h8-9H,5-7H2,1-4H3;7-8H,5-6H2,1-4H3;2*8-9H,5-7H2,1-4H3;6-7H,5H2,1-4H3;7-8H,5-6H2,1-4H3. The van der Waals surface area contributed by atoms with Gasteiger partial charge in [0.05, 0.1) is 0 Å². The predicted octanol–water partition coefficient (Wildman–Crippen LogP) is 18.1. The SMILES string of the molecule is C=C(CCC(C)C)C(=O)C(C)C.CC(C)CC(=O)C(C)C.CC(C)CCC(=O)C(C)C.CC(C)CCC(C)C.CC(C)CCCC(C)C.CC(C)CCCC(C)C. The normalized spacial score (nSPS) is 11.1. The molecule has 3 heteroatoms. The molecule has 0 aliphatic heterocycles. The Balaban J connectivity index is -0.000000138. The molecule has 3 nitrogen and oxygen atoms in total. The summed E-state index contributed by atoms with van der Waals surface area (Å²) in [6.07, 6.45) is 15.7. The van der Waals surface area contributed by atoms with Crippen molar-refractivity contribution in [3.05, 3.63) is 12.2 Å². The fourth-order valence-corrected chi connectivity index (χ4v) is 4.89. The summed E-state index contributed by atoms with van der Waals surface area (Å²) in [7, 11) is 0. The number of hydrogen-bond donors (Lipinski definition) is 0. The molecule has 0 aromatic heterocycles. The fraction of sp³-hybridized carbons (Fsp3) is 0.907. The molecular weight excluding hydrogens is 697 g/mol. The highest BCUT2D eigenvalue weighted by molar-refractivity contribution is 5.96. The quantitative estimate of drug-likeness (QED) is 0.0966. The molecule has 0 amide bonds. The maximum absolute atomic E-state index is 11.4. The van der Waals surface area contributed by atoms with E-state index in [0.29, 0.717) is 29.3 Å². The van der Waals surface area contributed by atoms with Gasteiger partial charge in [0.15, 0.2) is 5.78 Å². The van der Waals surface area contributed by atoms with Crippen molar-refractivity contribution >= 4 is 17.3 Å². The van der Waals surface area contributed by atoms with Gasteiger partial charge in [-0.25, -0.2) is 0 Å². The molecule has 0 aliphatic rings. The van der Waals surface area contributed by atoms with E-state index in [1.165, 1.54) is 51.4 Å². The molecule has 57 heavy (non-hydrogen) atoms. The maximum Gasteiger partial charge on any atom is 0.160 e. The molecule has 0 aliphatic carbocycles. The van der Waals surface area contributed by atoms with Crippen LogP contribution in [0.15, 0.2) is 12.2 Å². The highest BCUT2D eigenvalue weighted by atomic mass is 16.1. The van der Waals surface area contributed by atoms with Gasteiger partial charge in [0.25, 0.3) is 0 Å². The smallest absolute Gasteiger partial charge is 0.160 e. The molecule has 0 bridgehead atoms. The first-order valence-electron chi connectivity index (χ1n) is 24.2. The van der Waals surface area contributed by atoms with Crippen LogP contribution in [0, 0.1) is 71.0 Å². The van der Waals surface area contributed by atoms with Crippen molar-refractivity contribution < 1.29 is 14.4 Å². The van der Waals surface area contributed by atoms with E-state index in [0.717, 1.165) is 73.2 Å². The average Bonchev–Trinajstić information content (AvgIpc) is 3.05. The third kappa shape index (κ3) is 72.8. The second-order valence-corrected chi connectivity index (χ2v) is 21.6. The molecule has 0 unspecified atom stereocenters. The van der Waals surface area contributed by atoms with Gasteiger partial charge in [-0.05, 0) is 78.1 Å². The Morgan fingerprint density at radius 3 is 0.772 bits per heavy atom. The number of rotatable bonds is 23. The highest BCUT2D eigenvalue weighted by Gasteiger charge is 2.11. The summed E-state index contributed by atoms with van der Waals surface area (Å²) in [6.45, 7) is 55.7. The van der Waals surface area contributed by atoms with Crippen molar-refractivity contribution in [2.45, 2.75) is 250 Å². The summed E-state index contributed by atoms with van der Waals surface area (Å²) in [5, 5.41) is 0. The number of carbonyl (C=O) groups is 3. The molecule has 0 aromatic carbocycles. The summed E-state index contributed by atoms with van der Waals surface area (Å²) in [5.41, 5.74) is 0.790. The molecule has 0 spiro atoms. The largest absolute Gasteiger partial charge is 0.299 e. The van der Waals surface area contributed by atoms with Crippen LogP contribution in [0.5, 0.6) is 0 Å². The van der Waals surface area contributed by atoms with Gasteiger partial charge < -0.3 is 0 Å². The number of hydrogen-bond acceptors (Lipinski definition) is 3. The molecule has 0 saturated heterocycles. The third-order valence-corrected chi connectivity index (χ3v) is 9.21. The van der Waals surface area contributed by atoms with Crippen molar-refractivity contribution in [1.82, 2.24) is 0 Å². The zero-order valence-electron chi connectivity index (χ0n) is 44.1. The molecule has 346 valence electrons. The Hall–Kier alpha value is -1.25. The molecule has 0 atom stereocenters. The zero-order chi connectivity index (χ0) is 46.4. The highest BCUT2D eigenvalue weighted by Crippen LogP contribution is 2.15. The molecular formula is C54H112O3. The second-order valence-electron chi connectivity index (χ2n) is 21.6. The summed E-state index contributed by atoms with van der Waals surface area (Å²) in [5.74, 6) is 8.70. The third-order valence-electron chi connectivity index (χ3n) is 9.21. The summed E-state index contributed by atoms with van der Waals surface area (Å²) in [6, 6.07) is 0. The van der Waals surface area contributed by atoms with Crippen LogP contribution in [0.2, 0.25) is 0 Å². The van der Waals surface area contributed by atoms with Crippen molar-refractivity contribution in [2.24, 2.45) is 71.0 Å². The molecule has 0 fully saturated rings. The molecule has 0 aromatic rings. The van der Waals surface area contributed by atoms with Crippen molar-refractivity contribution in [3.63, 3.8) is 0 Å². The van der Waals surface area contributed by atoms with Crippen LogP contribution in [0.1, 0.15) is 250 Å². The summed E-state index contributed by atoms with van der Waals surface area (Å²) < 4.78 is 0. The topological polar surface area (TPSA) is 51.2 Å². The number of carbonyl (C=O) groups excluding carboxylic acids is 3. The molecule has 0 heterocycles. The van der Waals surface area contributed by atoms with Crippen LogP contribution in [0.3, 0.4) is 0 Å². The van der Waals surface area contributed by atoms with E-state index in [2.05, 4.69) is 131 Å². The Kier molecular flexibility index (Phi) is 52.5. The van der Waals surface area contributed by atoms with E-state index in [4.69, 9.17) is 0 Å². The summed E-state index contributed by atoms with van der Waals surface area (Å²) in [4.78, 5) is 33.4. The first-order valence-corrected chi connectivity index (χ1v) is 24.2. The van der Waals surface area contributed by atoms with E-state index in [9.17, 15) is 14.4 Å². The van der Waals surface area contributed by atoms with Crippen molar-refractivity contribution in [1.29, 1.82) is 0 Å². The number of ketones is 3. The van der Waals surface area contributed by atoms with Crippen molar-refractivity contribution in [3.8, 4) is 0 Å². The Bertz CT molecular complexity index is 839. The van der Waals surface area contributed by atoms with Crippen molar-refractivity contribution in [2.75, 3.05) is 0 Å². The van der Waals surface area contributed by atoms with Gasteiger partial charge in [0.1, 0.15) is 11.6 Å².